The molecule has 0 bridgehead atoms. The second kappa shape index (κ2) is 5.37. The highest BCUT2D eigenvalue weighted by molar-refractivity contribution is 6.01. The van der Waals surface area contributed by atoms with Gasteiger partial charge in [-0.1, -0.05) is 25.5 Å². The van der Waals surface area contributed by atoms with Gasteiger partial charge in [-0.2, -0.15) is 0 Å². The molecule has 3 fully saturated rings. The van der Waals surface area contributed by atoms with Crippen LogP contribution < -0.4 is 0 Å². The lowest BCUT2D eigenvalue weighted by Gasteiger charge is -2.57. The molecule has 25 heavy (non-hydrogen) atoms. The first kappa shape index (κ1) is 17.2. The normalized spacial score (nSPS) is 48.4. The van der Waals surface area contributed by atoms with E-state index in [0.29, 0.717) is 24.2 Å². The van der Waals surface area contributed by atoms with Crippen LogP contribution in [0.15, 0.2) is 23.8 Å². The highest BCUT2D eigenvalue weighted by Gasteiger charge is 2.65. The van der Waals surface area contributed by atoms with Crippen LogP contribution in [-0.4, -0.2) is 34.0 Å². The highest BCUT2D eigenvalue weighted by Crippen LogP contribution is 2.67. The molecule has 0 aliphatic heterocycles. The fraction of sp³-hybridized carbons (Fsp3) is 0.714. The molecule has 0 unspecified atom stereocenters. The fourth-order valence-corrected chi connectivity index (χ4v) is 6.80. The number of allylic oxidation sites excluding steroid dienone is 4. The van der Waals surface area contributed by atoms with Crippen molar-refractivity contribution in [3.63, 3.8) is 0 Å². The van der Waals surface area contributed by atoms with Crippen molar-refractivity contribution < 1.29 is 19.8 Å². The van der Waals surface area contributed by atoms with Gasteiger partial charge in [-0.05, 0) is 68.4 Å². The van der Waals surface area contributed by atoms with Crippen molar-refractivity contribution in [1.82, 2.24) is 0 Å². The van der Waals surface area contributed by atoms with Gasteiger partial charge < -0.3 is 10.2 Å². The average Bonchev–Trinajstić information content (AvgIpc) is 2.87. The van der Waals surface area contributed by atoms with Crippen LogP contribution in [0.1, 0.15) is 52.4 Å². The Bertz CT molecular complexity index is 692. The van der Waals surface area contributed by atoms with Crippen LogP contribution >= 0.6 is 0 Å². The molecule has 0 spiro atoms. The van der Waals surface area contributed by atoms with Gasteiger partial charge in [0.05, 0.1) is 0 Å². The summed E-state index contributed by atoms with van der Waals surface area (Å²) in [5.74, 6) is 0.897. The maximum atomic E-state index is 12.3. The van der Waals surface area contributed by atoms with Crippen molar-refractivity contribution in [2.45, 2.75) is 58.0 Å². The molecule has 0 aromatic carbocycles. The second-order valence-corrected chi connectivity index (χ2v) is 9.04. The van der Waals surface area contributed by atoms with E-state index in [1.165, 1.54) is 5.57 Å². The number of hydrogen-bond acceptors (Lipinski definition) is 4. The fourth-order valence-electron chi connectivity index (χ4n) is 6.80. The number of fused-ring (bicyclic) bond motifs is 5. The van der Waals surface area contributed by atoms with Crippen molar-refractivity contribution in [1.29, 1.82) is 0 Å². The van der Waals surface area contributed by atoms with E-state index in [1.54, 1.807) is 6.08 Å². The maximum absolute atomic E-state index is 12.3. The first-order valence-electron chi connectivity index (χ1n) is 9.57. The zero-order valence-corrected chi connectivity index (χ0v) is 15.1. The zero-order chi connectivity index (χ0) is 18.0. The van der Waals surface area contributed by atoms with Gasteiger partial charge in [-0.3, -0.25) is 9.59 Å². The zero-order valence-electron chi connectivity index (χ0n) is 15.1. The van der Waals surface area contributed by atoms with E-state index in [2.05, 4.69) is 19.9 Å². The monoisotopic (exact) mass is 344 g/mol. The molecule has 6 atom stereocenters. The van der Waals surface area contributed by atoms with E-state index in [-0.39, 0.29) is 11.2 Å². The molecular weight excluding hydrogens is 316 g/mol. The molecule has 2 N–H and O–H groups in total. The molecule has 4 aliphatic rings. The number of ketones is 2. The molecule has 4 heteroatoms. The van der Waals surface area contributed by atoms with E-state index >= 15 is 0 Å². The van der Waals surface area contributed by atoms with Gasteiger partial charge in [0.15, 0.2) is 11.6 Å². The van der Waals surface area contributed by atoms with Gasteiger partial charge in [0.25, 0.3) is 0 Å². The molecule has 0 radical (unpaired) electrons. The lowest BCUT2D eigenvalue weighted by atomic mass is 9.47. The Morgan fingerprint density at radius 1 is 1.20 bits per heavy atom. The number of aliphatic hydroxyl groups is 2. The topological polar surface area (TPSA) is 74.6 Å². The molecule has 136 valence electrons. The second-order valence-electron chi connectivity index (χ2n) is 9.04. The number of hydrogen-bond donors (Lipinski definition) is 2. The van der Waals surface area contributed by atoms with E-state index in [0.717, 1.165) is 32.1 Å². The Morgan fingerprint density at radius 2 is 1.92 bits per heavy atom. The summed E-state index contributed by atoms with van der Waals surface area (Å²) in [4.78, 5) is 24.1. The van der Waals surface area contributed by atoms with Crippen LogP contribution in [0.4, 0.5) is 0 Å². The van der Waals surface area contributed by atoms with Gasteiger partial charge in [0.2, 0.25) is 0 Å². The summed E-state index contributed by atoms with van der Waals surface area (Å²) in [5.41, 5.74) is -0.642. The molecular formula is C21H28O4. The van der Waals surface area contributed by atoms with Gasteiger partial charge in [0, 0.05) is 10.8 Å². The van der Waals surface area contributed by atoms with Crippen molar-refractivity contribution in [3.05, 3.63) is 23.8 Å². The van der Waals surface area contributed by atoms with Gasteiger partial charge in [-0.15, -0.1) is 0 Å². The predicted octanol–water partition coefficient (Wildman–Crippen LogP) is 2.59. The van der Waals surface area contributed by atoms with Crippen LogP contribution in [-0.2, 0) is 9.59 Å². The molecule has 4 nitrogen and oxygen atoms in total. The predicted molar refractivity (Wildman–Crippen MR) is 93.7 cm³/mol. The van der Waals surface area contributed by atoms with E-state index in [9.17, 15) is 19.8 Å². The van der Waals surface area contributed by atoms with E-state index in [1.807, 2.05) is 6.08 Å². The molecule has 4 aliphatic carbocycles. The number of aliphatic hydroxyl groups excluding tert-OH is 1. The minimum absolute atomic E-state index is 0.0696. The number of Topliss-reactive ketones (excluding diaryl/α,β-unsaturated/α-hetero) is 1. The smallest absolute Gasteiger partial charge is 0.190 e. The van der Waals surface area contributed by atoms with Crippen molar-refractivity contribution in [3.8, 4) is 0 Å². The third kappa shape index (κ3) is 2.07. The van der Waals surface area contributed by atoms with Crippen LogP contribution in [0.25, 0.3) is 0 Å². The molecule has 0 aromatic heterocycles. The lowest BCUT2D eigenvalue weighted by Crippen LogP contribution is -2.57. The lowest BCUT2D eigenvalue weighted by molar-refractivity contribution is -0.163. The summed E-state index contributed by atoms with van der Waals surface area (Å²) >= 11 is 0. The summed E-state index contributed by atoms with van der Waals surface area (Å²) < 4.78 is 0. The third-order valence-electron chi connectivity index (χ3n) is 8.31. The Labute approximate surface area is 149 Å². The largest absolute Gasteiger partial charge is 0.388 e. The standard InChI is InChI=1S/C21H28O4/c1-19-8-5-14(23)11-13(19)3-4-15-16(19)6-9-20(2)17(15)7-10-21(20,25)18(24)12-22/h5,8,11,15-17,22,25H,3-4,6-7,9-10,12H2,1-2H3/t15-,16-,17-,19+,20+,21-/m1/s1. The van der Waals surface area contributed by atoms with E-state index in [4.69, 9.17) is 0 Å². The Kier molecular flexibility index (Phi) is 3.69. The number of carbonyl (C=O) groups is 2. The first-order valence-corrected chi connectivity index (χ1v) is 9.57. The van der Waals surface area contributed by atoms with Crippen molar-refractivity contribution in [2.75, 3.05) is 6.61 Å². The Hall–Kier alpha value is -1.26. The summed E-state index contributed by atoms with van der Waals surface area (Å²) in [6.45, 7) is 3.73. The maximum Gasteiger partial charge on any atom is 0.190 e. The minimum Gasteiger partial charge on any atom is -0.388 e. The van der Waals surface area contributed by atoms with Crippen LogP contribution in [0.2, 0.25) is 0 Å². The average molecular weight is 344 g/mol. The Morgan fingerprint density at radius 3 is 2.64 bits per heavy atom. The molecule has 0 heterocycles. The van der Waals surface area contributed by atoms with Gasteiger partial charge in [-0.25, -0.2) is 0 Å². The first-order chi connectivity index (χ1) is 11.8. The number of carbonyl (C=O) groups excluding carboxylic acids is 2. The summed E-state index contributed by atoms with van der Waals surface area (Å²) in [6, 6.07) is 0. The molecule has 0 saturated heterocycles. The molecule has 0 aromatic rings. The highest BCUT2D eigenvalue weighted by atomic mass is 16.3. The van der Waals surface area contributed by atoms with Crippen LogP contribution in [0.5, 0.6) is 0 Å². The number of rotatable bonds is 2. The summed E-state index contributed by atoms with van der Waals surface area (Å²) in [6.07, 6.45) is 10.6. The van der Waals surface area contributed by atoms with Crippen molar-refractivity contribution in [2.24, 2.45) is 28.6 Å². The van der Waals surface area contributed by atoms with Crippen molar-refractivity contribution >= 4 is 11.6 Å². The summed E-state index contributed by atoms with van der Waals surface area (Å²) in [5, 5.41) is 20.5. The molecule has 0 amide bonds. The molecule has 4 rings (SSSR count). The summed E-state index contributed by atoms with van der Waals surface area (Å²) in [7, 11) is 0. The van der Waals surface area contributed by atoms with Gasteiger partial charge in [0.1, 0.15) is 12.2 Å². The quantitative estimate of drug-likeness (QED) is 0.807. The van der Waals surface area contributed by atoms with E-state index < -0.39 is 23.4 Å². The Balaban J connectivity index is 1.69. The SMILES string of the molecule is C[C@]12C=CC(=O)C=C1CC[C@@H]1[C@H]2CC[C@@]2(C)[C@@H]1CC[C@@]2(O)C(=O)CO. The third-order valence-corrected chi connectivity index (χ3v) is 8.31. The molecule has 3 saturated carbocycles. The van der Waals surface area contributed by atoms with Crippen LogP contribution in [0, 0.1) is 28.6 Å². The van der Waals surface area contributed by atoms with Gasteiger partial charge >= 0.3 is 0 Å². The van der Waals surface area contributed by atoms with Crippen LogP contribution in [0.3, 0.4) is 0 Å². The minimum atomic E-state index is -1.38.